The minimum Gasteiger partial charge on any atom is -0.496 e. The molecular weight excluding hydrogens is 286 g/mol. The van der Waals surface area contributed by atoms with Crippen LogP contribution in [0.4, 0.5) is 0 Å². The summed E-state index contributed by atoms with van der Waals surface area (Å²) in [7, 11) is 1.61. The Balaban J connectivity index is 2.14. The third-order valence-electron chi connectivity index (χ3n) is 3.60. The minimum absolute atomic E-state index is 0.432. The molecule has 1 atom stereocenters. The van der Waals surface area contributed by atoms with E-state index in [2.05, 4.69) is 6.07 Å². The Bertz CT molecular complexity index is 795. The van der Waals surface area contributed by atoms with Gasteiger partial charge in [0.15, 0.2) is 0 Å². The summed E-state index contributed by atoms with van der Waals surface area (Å²) >= 11 is 6.08. The largest absolute Gasteiger partial charge is 0.496 e. The first kappa shape index (κ1) is 14.0. The van der Waals surface area contributed by atoms with E-state index in [0.29, 0.717) is 16.5 Å². The molecule has 0 bridgehead atoms. The zero-order valence-corrected chi connectivity index (χ0v) is 12.6. The molecular formula is C17H16ClNO2. The van der Waals surface area contributed by atoms with Gasteiger partial charge in [0, 0.05) is 21.4 Å². The van der Waals surface area contributed by atoms with Crippen LogP contribution in [0.3, 0.4) is 0 Å². The highest BCUT2D eigenvalue weighted by molar-refractivity contribution is 6.30. The molecule has 0 aliphatic heterocycles. The van der Waals surface area contributed by atoms with E-state index in [0.717, 1.165) is 21.9 Å². The summed E-state index contributed by atoms with van der Waals surface area (Å²) in [6.45, 7) is 2.04. The van der Waals surface area contributed by atoms with Crippen molar-refractivity contribution in [1.29, 1.82) is 0 Å². The molecule has 21 heavy (non-hydrogen) atoms. The van der Waals surface area contributed by atoms with Crippen LogP contribution in [0.2, 0.25) is 5.02 Å². The Hall–Kier alpha value is -1.97. The average molecular weight is 302 g/mol. The molecule has 2 N–H and O–H groups in total. The summed E-state index contributed by atoms with van der Waals surface area (Å²) in [5, 5.41) is 2.67. The Morgan fingerprint density at radius 2 is 2.00 bits per heavy atom. The minimum atomic E-state index is -0.432. The molecule has 1 unspecified atom stereocenters. The number of hydrogen-bond donors (Lipinski definition) is 1. The second-order valence-corrected chi connectivity index (χ2v) is 5.49. The molecule has 108 valence electrons. The Morgan fingerprint density at radius 3 is 2.76 bits per heavy atom. The normalized spacial score (nSPS) is 12.6. The lowest BCUT2D eigenvalue weighted by Crippen LogP contribution is -2.12. The highest BCUT2D eigenvalue weighted by atomic mass is 35.5. The Kier molecular flexibility index (Phi) is 3.62. The van der Waals surface area contributed by atoms with Gasteiger partial charge in [-0.2, -0.15) is 0 Å². The van der Waals surface area contributed by atoms with Crippen molar-refractivity contribution in [1.82, 2.24) is 0 Å². The van der Waals surface area contributed by atoms with Crippen LogP contribution in [0, 0.1) is 6.92 Å². The second kappa shape index (κ2) is 5.43. The molecule has 0 fully saturated rings. The second-order valence-electron chi connectivity index (χ2n) is 5.05. The topological polar surface area (TPSA) is 48.4 Å². The Morgan fingerprint density at radius 1 is 1.19 bits per heavy atom. The first-order valence-corrected chi connectivity index (χ1v) is 7.04. The summed E-state index contributed by atoms with van der Waals surface area (Å²) in [5.41, 5.74) is 8.36. The van der Waals surface area contributed by atoms with Gasteiger partial charge in [-0.05, 0) is 31.2 Å². The number of methoxy groups -OCH3 is 1. The predicted molar refractivity (Wildman–Crippen MR) is 85.0 cm³/mol. The van der Waals surface area contributed by atoms with Crippen LogP contribution in [-0.2, 0) is 0 Å². The van der Waals surface area contributed by atoms with Crippen LogP contribution in [0.15, 0.2) is 47.1 Å². The number of nitrogens with two attached hydrogens (primary N) is 1. The maximum atomic E-state index is 6.39. The standard InChI is InChI=1S/C17H16ClNO2/c1-10-3-4-11-9-21-17(13(11)7-10)16(19)14-8-12(18)5-6-15(14)20-2/h3-9,16H,19H2,1-2H3. The lowest BCUT2D eigenvalue weighted by molar-refractivity contribution is 0.403. The number of ether oxygens (including phenoxy) is 1. The van der Waals surface area contributed by atoms with Crippen molar-refractivity contribution in [2.24, 2.45) is 5.73 Å². The highest BCUT2D eigenvalue weighted by Gasteiger charge is 2.20. The molecule has 4 heteroatoms. The van der Waals surface area contributed by atoms with Crippen molar-refractivity contribution in [3.05, 3.63) is 64.6 Å². The fraction of sp³-hybridized carbons (Fsp3) is 0.176. The molecule has 0 aliphatic carbocycles. The van der Waals surface area contributed by atoms with Crippen molar-refractivity contribution in [3.8, 4) is 5.75 Å². The first-order valence-electron chi connectivity index (χ1n) is 6.67. The summed E-state index contributed by atoms with van der Waals surface area (Å²) in [6.07, 6.45) is 1.72. The van der Waals surface area contributed by atoms with Crippen LogP contribution in [0.5, 0.6) is 5.75 Å². The van der Waals surface area contributed by atoms with Gasteiger partial charge in [0.1, 0.15) is 11.5 Å². The molecule has 0 spiro atoms. The van der Waals surface area contributed by atoms with E-state index < -0.39 is 6.04 Å². The number of furan rings is 1. The quantitative estimate of drug-likeness (QED) is 0.777. The third-order valence-corrected chi connectivity index (χ3v) is 3.83. The molecule has 3 rings (SSSR count). The van der Waals surface area contributed by atoms with Crippen molar-refractivity contribution in [2.45, 2.75) is 13.0 Å². The number of benzene rings is 2. The SMILES string of the molecule is COc1ccc(Cl)cc1C(N)c1occ2ccc(C)cc12. The molecule has 1 aromatic heterocycles. The van der Waals surface area contributed by atoms with E-state index in [4.69, 9.17) is 26.5 Å². The van der Waals surface area contributed by atoms with Gasteiger partial charge in [0.2, 0.25) is 0 Å². The van der Waals surface area contributed by atoms with E-state index in [1.807, 2.05) is 31.2 Å². The molecule has 0 saturated heterocycles. The summed E-state index contributed by atoms with van der Waals surface area (Å²) in [6, 6.07) is 11.1. The number of fused-ring (bicyclic) bond motifs is 1. The number of halogens is 1. The maximum Gasteiger partial charge on any atom is 0.132 e. The molecule has 0 radical (unpaired) electrons. The smallest absolute Gasteiger partial charge is 0.132 e. The summed E-state index contributed by atoms with van der Waals surface area (Å²) in [4.78, 5) is 0. The molecule has 0 saturated carbocycles. The molecule has 3 aromatic rings. The fourth-order valence-electron chi connectivity index (χ4n) is 2.51. The first-order chi connectivity index (χ1) is 10.1. The van der Waals surface area contributed by atoms with E-state index in [1.54, 1.807) is 19.4 Å². The van der Waals surface area contributed by atoms with Gasteiger partial charge >= 0.3 is 0 Å². The van der Waals surface area contributed by atoms with Gasteiger partial charge < -0.3 is 14.9 Å². The highest BCUT2D eigenvalue weighted by Crippen LogP contribution is 2.35. The van der Waals surface area contributed by atoms with Gasteiger partial charge in [-0.3, -0.25) is 0 Å². The van der Waals surface area contributed by atoms with E-state index >= 15 is 0 Å². The van der Waals surface area contributed by atoms with E-state index in [1.165, 1.54) is 0 Å². The van der Waals surface area contributed by atoms with Crippen LogP contribution in [0.25, 0.3) is 10.8 Å². The van der Waals surface area contributed by atoms with Gasteiger partial charge in [-0.15, -0.1) is 0 Å². The molecule has 3 nitrogen and oxygen atoms in total. The van der Waals surface area contributed by atoms with Crippen LogP contribution in [-0.4, -0.2) is 7.11 Å². The van der Waals surface area contributed by atoms with Gasteiger partial charge in [-0.1, -0.05) is 29.3 Å². The molecule has 0 aliphatic rings. The molecule has 1 heterocycles. The number of rotatable bonds is 3. The lowest BCUT2D eigenvalue weighted by atomic mass is 10.0. The zero-order valence-electron chi connectivity index (χ0n) is 11.9. The van der Waals surface area contributed by atoms with Gasteiger partial charge in [0.05, 0.1) is 19.4 Å². The molecule has 0 amide bonds. The monoisotopic (exact) mass is 301 g/mol. The van der Waals surface area contributed by atoms with Gasteiger partial charge in [-0.25, -0.2) is 0 Å². The number of hydrogen-bond acceptors (Lipinski definition) is 3. The van der Waals surface area contributed by atoms with E-state index in [-0.39, 0.29) is 0 Å². The molecule has 2 aromatic carbocycles. The zero-order chi connectivity index (χ0) is 15.0. The van der Waals surface area contributed by atoms with Crippen LogP contribution < -0.4 is 10.5 Å². The Labute approximate surface area is 128 Å². The summed E-state index contributed by atoms with van der Waals surface area (Å²) < 4.78 is 11.1. The van der Waals surface area contributed by atoms with Crippen molar-refractivity contribution in [2.75, 3.05) is 7.11 Å². The lowest BCUT2D eigenvalue weighted by Gasteiger charge is -2.14. The van der Waals surface area contributed by atoms with Crippen molar-refractivity contribution >= 4 is 22.4 Å². The average Bonchev–Trinajstić information content (AvgIpc) is 2.89. The van der Waals surface area contributed by atoms with Crippen LogP contribution in [0.1, 0.15) is 22.9 Å². The maximum absolute atomic E-state index is 6.39. The third kappa shape index (κ3) is 2.50. The van der Waals surface area contributed by atoms with Crippen molar-refractivity contribution < 1.29 is 9.15 Å². The van der Waals surface area contributed by atoms with Crippen molar-refractivity contribution in [3.63, 3.8) is 0 Å². The predicted octanol–water partition coefficient (Wildman–Crippen LogP) is 4.45. The van der Waals surface area contributed by atoms with E-state index in [9.17, 15) is 0 Å². The van der Waals surface area contributed by atoms with Crippen LogP contribution >= 0.6 is 11.6 Å². The fourth-order valence-corrected chi connectivity index (χ4v) is 2.69. The summed E-state index contributed by atoms with van der Waals surface area (Å²) in [5.74, 6) is 1.42. The number of aryl methyl sites for hydroxylation is 1. The van der Waals surface area contributed by atoms with Gasteiger partial charge in [0.25, 0.3) is 0 Å².